The lowest BCUT2D eigenvalue weighted by Crippen LogP contribution is -2.28. The number of rotatable bonds is 2. The van der Waals surface area contributed by atoms with E-state index in [2.05, 4.69) is 4.99 Å². The average molecular weight is 268 g/mol. The minimum absolute atomic E-state index is 0.333. The number of halogens is 1. The summed E-state index contributed by atoms with van der Waals surface area (Å²) in [5, 5.41) is 0.596. The fraction of sp³-hybridized carbons (Fsp3) is 0.250. The number of carbonyl (C=O) groups excluding carboxylic acids is 1. The van der Waals surface area contributed by atoms with E-state index < -0.39 is 5.92 Å². The van der Waals surface area contributed by atoms with E-state index in [1.54, 1.807) is 25.1 Å². The van der Waals surface area contributed by atoms with Gasteiger partial charge in [0.05, 0.1) is 12.3 Å². The second kappa shape index (κ2) is 4.94. The van der Waals surface area contributed by atoms with Gasteiger partial charge in [-0.15, -0.1) is 0 Å². The minimum atomic E-state index is -0.571. The van der Waals surface area contributed by atoms with Crippen LogP contribution in [0.25, 0.3) is 0 Å². The molecule has 1 atom stereocenters. The molecule has 1 aliphatic heterocycles. The first-order valence-electron chi connectivity index (χ1n) is 5.18. The van der Waals surface area contributed by atoms with Crippen LogP contribution in [0.4, 0.5) is 5.69 Å². The number of hydrogen-bond acceptors (Lipinski definition) is 4. The predicted molar refractivity (Wildman–Crippen MR) is 71.4 cm³/mol. The zero-order valence-electron chi connectivity index (χ0n) is 9.14. The van der Waals surface area contributed by atoms with E-state index in [9.17, 15) is 4.79 Å². The molecule has 2 rings (SSSR count). The van der Waals surface area contributed by atoms with E-state index in [1.807, 2.05) is 0 Å². The second-order valence-electron chi connectivity index (χ2n) is 3.53. The molecule has 0 fully saturated rings. The molecule has 1 unspecified atom stereocenters. The Morgan fingerprint density at radius 1 is 1.59 bits per heavy atom. The van der Waals surface area contributed by atoms with E-state index in [1.165, 1.54) is 6.21 Å². The van der Waals surface area contributed by atoms with Crippen molar-refractivity contribution in [1.82, 2.24) is 0 Å². The Balaban J connectivity index is 2.34. The normalized spacial score (nSPS) is 17.8. The summed E-state index contributed by atoms with van der Waals surface area (Å²) in [6, 6.07) is 5.24. The molecular formula is C12H10ClNO2S. The van der Waals surface area contributed by atoms with Crippen LogP contribution in [0.15, 0.2) is 23.2 Å². The summed E-state index contributed by atoms with van der Waals surface area (Å²) in [5.41, 5.74) is 1.47. The first-order valence-corrected chi connectivity index (χ1v) is 5.96. The molecule has 88 valence electrons. The van der Waals surface area contributed by atoms with E-state index in [0.29, 0.717) is 22.2 Å². The molecule has 0 amide bonds. The van der Waals surface area contributed by atoms with E-state index in [0.717, 1.165) is 5.56 Å². The first-order chi connectivity index (χ1) is 8.13. The maximum Gasteiger partial charge on any atom is 0.319 e. The van der Waals surface area contributed by atoms with Crippen LogP contribution < -0.4 is 0 Å². The van der Waals surface area contributed by atoms with Gasteiger partial charge in [0.25, 0.3) is 0 Å². The summed E-state index contributed by atoms with van der Waals surface area (Å²) >= 11 is 11.1. The van der Waals surface area contributed by atoms with Crippen molar-refractivity contribution in [3.05, 3.63) is 28.8 Å². The number of nitrogens with zero attached hydrogens (tertiary/aromatic N) is 1. The highest BCUT2D eigenvalue weighted by Crippen LogP contribution is 2.30. The van der Waals surface area contributed by atoms with Crippen molar-refractivity contribution in [3.8, 4) is 0 Å². The number of thiocarbonyl (C=S) groups is 1. The first kappa shape index (κ1) is 12.2. The number of aliphatic imine (C=N–C) groups is 1. The van der Waals surface area contributed by atoms with Gasteiger partial charge >= 0.3 is 5.97 Å². The number of hydrogen-bond donors (Lipinski definition) is 0. The Kier molecular flexibility index (Phi) is 3.54. The molecule has 0 saturated heterocycles. The Morgan fingerprint density at radius 3 is 3.06 bits per heavy atom. The highest BCUT2D eigenvalue weighted by molar-refractivity contribution is 7.81. The minimum Gasteiger partial charge on any atom is -0.465 e. The maximum atomic E-state index is 11.7. The average Bonchev–Trinajstić information content (AvgIpc) is 2.29. The van der Waals surface area contributed by atoms with Gasteiger partial charge in [0.1, 0.15) is 5.92 Å². The third-order valence-electron chi connectivity index (χ3n) is 2.41. The third kappa shape index (κ3) is 2.37. The monoisotopic (exact) mass is 267 g/mol. The zero-order valence-corrected chi connectivity index (χ0v) is 10.7. The molecule has 0 bridgehead atoms. The van der Waals surface area contributed by atoms with Gasteiger partial charge in [0.15, 0.2) is 0 Å². The smallest absolute Gasteiger partial charge is 0.319 e. The van der Waals surface area contributed by atoms with Gasteiger partial charge in [0, 0.05) is 21.7 Å². The van der Waals surface area contributed by atoms with Gasteiger partial charge in [-0.2, -0.15) is 0 Å². The molecule has 0 spiro atoms. The molecule has 0 aliphatic carbocycles. The van der Waals surface area contributed by atoms with Crippen LogP contribution in [0.1, 0.15) is 12.5 Å². The van der Waals surface area contributed by atoms with Gasteiger partial charge in [0.2, 0.25) is 0 Å². The molecule has 17 heavy (non-hydrogen) atoms. The fourth-order valence-electron chi connectivity index (χ4n) is 1.61. The summed E-state index contributed by atoms with van der Waals surface area (Å²) in [6.07, 6.45) is 1.51. The van der Waals surface area contributed by atoms with Crippen molar-refractivity contribution in [1.29, 1.82) is 0 Å². The van der Waals surface area contributed by atoms with Gasteiger partial charge in [-0.05, 0) is 19.1 Å². The van der Waals surface area contributed by atoms with Crippen LogP contribution in [0.3, 0.4) is 0 Å². The van der Waals surface area contributed by atoms with Crippen molar-refractivity contribution >= 4 is 46.6 Å². The quantitative estimate of drug-likeness (QED) is 0.611. The molecule has 0 radical (unpaired) electrons. The summed E-state index contributed by atoms with van der Waals surface area (Å²) in [6.45, 7) is 2.09. The van der Waals surface area contributed by atoms with Crippen LogP contribution in [-0.2, 0) is 9.53 Å². The largest absolute Gasteiger partial charge is 0.465 e. The lowest BCUT2D eigenvalue weighted by molar-refractivity contribution is -0.143. The summed E-state index contributed by atoms with van der Waals surface area (Å²) < 4.78 is 4.95. The summed E-state index contributed by atoms with van der Waals surface area (Å²) in [5.74, 6) is -0.930. The zero-order chi connectivity index (χ0) is 12.4. The summed E-state index contributed by atoms with van der Waals surface area (Å²) in [4.78, 5) is 16.4. The van der Waals surface area contributed by atoms with E-state index >= 15 is 0 Å². The molecule has 5 heteroatoms. The standard InChI is InChI=1S/C12H10ClNO2S/c1-2-16-12(15)9-6-14-10-5-7(13)3-4-8(10)11(9)17/h3-6,9H,2H2,1H3. The molecule has 3 nitrogen and oxygen atoms in total. The SMILES string of the molecule is CCOC(=O)C1C=Nc2cc(Cl)ccc2C1=S. The lowest BCUT2D eigenvalue weighted by Gasteiger charge is -2.18. The van der Waals surface area contributed by atoms with Crippen molar-refractivity contribution in [2.45, 2.75) is 6.92 Å². The van der Waals surface area contributed by atoms with Crippen LogP contribution in [0.5, 0.6) is 0 Å². The number of ether oxygens (including phenoxy) is 1. The molecule has 0 aromatic heterocycles. The lowest BCUT2D eigenvalue weighted by atomic mass is 9.96. The number of carbonyl (C=O) groups is 1. The van der Waals surface area contributed by atoms with Crippen LogP contribution in [0, 0.1) is 5.92 Å². The van der Waals surface area contributed by atoms with Crippen molar-refractivity contribution in [2.24, 2.45) is 10.9 Å². The Hall–Kier alpha value is -1.26. The van der Waals surface area contributed by atoms with Crippen molar-refractivity contribution in [3.63, 3.8) is 0 Å². The fourth-order valence-corrected chi connectivity index (χ4v) is 2.11. The van der Waals surface area contributed by atoms with Gasteiger partial charge in [-0.1, -0.05) is 29.9 Å². The van der Waals surface area contributed by atoms with Crippen molar-refractivity contribution < 1.29 is 9.53 Å². The Bertz CT molecular complexity index is 513. The number of fused-ring (bicyclic) bond motifs is 1. The highest BCUT2D eigenvalue weighted by Gasteiger charge is 2.28. The van der Waals surface area contributed by atoms with Crippen LogP contribution >= 0.6 is 23.8 Å². The van der Waals surface area contributed by atoms with E-state index in [-0.39, 0.29) is 5.97 Å². The maximum absolute atomic E-state index is 11.7. The van der Waals surface area contributed by atoms with Crippen molar-refractivity contribution in [2.75, 3.05) is 6.61 Å². The van der Waals surface area contributed by atoms with Gasteiger partial charge in [-0.25, -0.2) is 0 Å². The van der Waals surface area contributed by atoms with Crippen LogP contribution in [-0.4, -0.2) is 23.7 Å². The molecule has 1 heterocycles. The number of esters is 1. The Morgan fingerprint density at radius 2 is 2.35 bits per heavy atom. The molecular weight excluding hydrogens is 258 g/mol. The molecule has 1 aliphatic rings. The Labute approximate surface area is 109 Å². The van der Waals surface area contributed by atoms with Gasteiger partial charge < -0.3 is 4.74 Å². The topological polar surface area (TPSA) is 38.7 Å². The van der Waals surface area contributed by atoms with Gasteiger partial charge in [-0.3, -0.25) is 9.79 Å². The molecule has 0 N–H and O–H groups in total. The third-order valence-corrected chi connectivity index (χ3v) is 3.12. The molecule has 1 aromatic rings. The summed E-state index contributed by atoms with van der Waals surface area (Å²) in [7, 11) is 0. The second-order valence-corrected chi connectivity index (χ2v) is 4.41. The highest BCUT2D eigenvalue weighted by atomic mass is 35.5. The molecule has 1 aromatic carbocycles. The predicted octanol–water partition coefficient (Wildman–Crippen LogP) is 2.95. The van der Waals surface area contributed by atoms with E-state index in [4.69, 9.17) is 28.6 Å². The van der Waals surface area contributed by atoms with Crippen LogP contribution in [0.2, 0.25) is 5.02 Å². The molecule has 0 saturated carbocycles. The number of benzene rings is 1.